The van der Waals surface area contributed by atoms with Crippen LogP contribution >= 0.6 is 11.6 Å². The molecule has 29 heavy (non-hydrogen) atoms. The van der Waals surface area contributed by atoms with Gasteiger partial charge in [0.15, 0.2) is 0 Å². The fourth-order valence-electron chi connectivity index (χ4n) is 4.86. The molecule has 8 heteroatoms. The number of halogens is 2. The lowest BCUT2D eigenvalue weighted by Gasteiger charge is -2.40. The third-order valence-electron chi connectivity index (χ3n) is 6.42. The molecular weight excluding hydrogens is 395 g/mol. The highest BCUT2D eigenvalue weighted by atomic mass is 35.5. The number of nitrogens with zero attached hydrogens (tertiary/aromatic N) is 2. The summed E-state index contributed by atoms with van der Waals surface area (Å²) in [6, 6.07) is 6.38. The van der Waals surface area contributed by atoms with Gasteiger partial charge in [-0.25, -0.2) is 9.18 Å². The number of piperidine rings is 1. The van der Waals surface area contributed by atoms with E-state index in [0.29, 0.717) is 12.1 Å². The van der Waals surface area contributed by atoms with E-state index in [9.17, 15) is 14.0 Å². The molecule has 3 atom stereocenters. The quantitative estimate of drug-likeness (QED) is 0.717. The van der Waals surface area contributed by atoms with E-state index in [0.717, 1.165) is 51.7 Å². The molecule has 6 nitrogen and oxygen atoms in total. The zero-order valence-electron chi connectivity index (χ0n) is 16.4. The molecule has 3 aliphatic rings. The van der Waals surface area contributed by atoms with Crippen molar-refractivity contribution in [1.82, 2.24) is 20.4 Å². The van der Waals surface area contributed by atoms with Crippen molar-refractivity contribution in [2.75, 3.05) is 26.2 Å². The molecule has 3 fully saturated rings. The summed E-state index contributed by atoms with van der Waals surface area (Å²) in [6.07, 6.45) is 4.72. The van der Waals surface area contributed by atoms with Crippen LogP contribution in [0.5, 0.6) is 0 Å². The second-order valence-electron chi connectivity index (χ2n) is 8.28. The molecule has 1 saturated carbocycles. The van der Waals surface area contributed by atoms with Crippen molar-refractivity contribution in [3.05, 3.63) is 35.6 Å². The Morgan fingerprint density at radius 2 is 1.90 bits per heavy atom. The highest BCUT2D eigenvalue weighted by Crippen LogP contribution is 2.34. The van der Waals surface area contributed by atoms with E-state index in [4.69, 9.17) is 11.6 Å². The molecule has 0 aromatic heterocycles. The average Bonchev–Trinajstić information content (AvgIpc) is 3.03. The topological polar surface area (TPSA) is 64.7 Å². The number of urea groups is 1. The summed E-state index contributed by atoms with van der Waals surface area (Å²) < 4.78 is 12.9. The molecule has 1 aromatic carbocycles. The van der Waals surface area contributed by atoms with Gasteiger partial charge in [0.1, 0.15) is 5.82 Å². The molecule has 2 heterocycles. The Morgan fingerprint density at radius 3 is 2.62 bits per heavy atom. The summed E-state index contributed by atoms with van der Waals surface area (Å²) >= 11 is 6.28. The molecule has 2 N–H and O–H groups in total. The van der Waals surface area contributed by atoms with Crippen molar-refractivity contribution in [3.63, 3.8) is 0 Å². The highest BCUT2D eigenvalue weighted by molar-refractivity contribution is 6.20. The predicted molar refractivity (Wildman–Crippen MR) is 110 cm³/mol. The van der Waals surface area contributed by atoms with Crippen LogP contribution in [-0.2, 0) is 0 Å². The van der Waals surface area contributed by atoms with Gasteiger partial charge < -0.3 is 20.4 Å². The zero-order chi connectivity index (χ0) is 20.4. The van der Waals surface area contributed by atoms with Crippen LogP contribution in [-0.4, -0.2) is 71.4 Å². The number of likely N-dealkylation sites (tertiary alicyclic amines) is 1. The number of benzene rings is 1. The minimum atomic E-state index is -0.349. The minimum absolute atomic E-state index is 0.0655. The van der Waals surface area contributed by atoms with Gasteiger partial charge in [-0.1, -0.05) is 0 Å². The Bertz CT molecular complexity index is 739. The predicted octanol–water partition coefficient (Wildman–Crippen LogP) is 2.57. The van der Waals surface area contributed by atoms with Gasteiger partial charge in [0, 0.05) is 43.2 Å². The Hall–Kier alpha value is -1.86. The van der Waals surface area contributed by atoms with E-state index in [1.165, 1.54) is 24.3 Å². The molecule has 1 aliphatic carbocycles. The number of amides is 3. The van der Waals surface area contributed by atoms with Gasteiger partial charge in [-0.3, -0.25) is 4.79 Å². The third-order valence-corrected chi connectivity index (χ3v) is 6.82. The number of rotatable bonds is 5. The fourth-order valence-corrected chi connectivity index (χ4v) is 5.18. The summed E-state index contributed by atoms with van der Waals surface area (Å²) in [4.78, 5) is 29.0. The molecule has 3 unspecified atom stereocenters. The van der Waals surface area contributed by atoms with Crippen LogP contribution in [0.1, 0.15) is 42.5 Å². The van der Waals surface area contributed by atoms with Crippen molar-refractivity contribution in [1.29, 1.82) is 0 Å². The van der Waals surface area contributed by atoms with Crippen LogP contribution in [0.3, 0.4) is 0 Å². The second-order valence-corrected chi connectivity index (χ2v) is 8.89. The van der Waals surface area contributed by atoms with Gasteiger partial charge >= 0.3 is 6.03 Å². The number of hydrogen-bond donors (Lipinski definition) is 2. The van der Waals surface area contributed by atoms with E-state index in [1.54, 1.807) is 0 Å². The number of fused-ring (bicyclic) bond motifs is 1. The second kappa shape index (κ2) is 8.88. The zero-order valence-corrected chi connectivity index (χ0v) is 17.2. The first kappa shape index (κ1) is 20.4. The van der Waals surface area contributed by atoms with Gasteiger partial charge in [-0.15, -0.1) is 11.6 Å². The monoisotopic (exact) mass is 422 g/mol. The van der Waals surface area contributed by atoms with Crippen LogP contribution in [0, 0.1) is 5.82 Å². The number of carbonyl (C=O) groups is 2. The van der Waals surface area contributed by atoms with Crippen LogP contribution in [0.2, 0.25) is 0 Å². The molecule has 2 saturated heterocycles. The molecule has 1 aromatic rings. The summed E-state index contributed by atoms with van der Waals surface area (Å²) in [5.41, 5.74) is 0.464. The first-order valence-electron chi connectivity index (χ1n) is 10.5. The maximum Gasteiger partial charge on any atom is 0.318 e. The lowest BCUT2D eigenvalue weighted by Crippen LogP contribution is -2.51. The van der Waals surface area contributed by atoms with Crippen LogP contribution in [0.25, 0.3) is 0 Å². The van der Waals surface area contributed by atoms with Gasteiger partial charge in [0.05, 0.1) is 12.1 Å². The van der Waals surface area contributed by atoms with E-state index in [-0.39, 0.29) is 41.3 Å². The number of hydrogen-bond acceptors (Lipinski definition) is 3. The lowest BCUT2D eigenvalue weighted by molar-refractivity contribution is 0.0916. The molecule has 0 radical (unpaired) electrons. The summed E-state index contributed by atoms with van der Waals surface area (Å²) in [6.45, 7) is 3.14. The average molecular weight is 423 g/mol. The number of alkyl halides is 1. The smallest absolute Gasteiger partial charge is 0.318 e. The minimum Gasteiger partial charge on any atom is -0.351 e. The number of carbonyl (C=O) groups excluding carboxylic acids is 2. The van der Waals surface area contributed by atoms with Gasteiger partial charge in [0.2, 0.25) is 0 Å². The summed E-state index contributed by atoms with van der Waals surface area (Å²) in [5.74, 6) is -0.535. The fraction of sp³-hybridized carbons (Fsp3) is 0.619. The van der Waals surface area contributed by atoms with Gasteiger partial charge in [0.25, 0.3) is 5.91 Å². The third kappa shape index (κ3) is 4.67. The van der Waals surface area contributed by atoms with Crippen molar-refractivity contribution in [2.24, 2.45) is 0 Å². The summed E-state index contributed by atoms with van der Waals surface area (Å²) in [5, 5.41) is 6.19. The molecule has 2 aliphatic heterocycles. The van der Waals surface area contributed by atoms with Crippen LogP contribution < -0.4 is 10.6 Å². The van der Waals surface area contributed by atoms with Crippen LogP contribution in [0.4, 0.5) is 9.18 Å². The normalized spacial score (nSPS) is 28.1. The lowest BCUT2D eigenvalue weighted by atomic mass is 9.89. The highest BCUT2D eigenvalue weighted by Gasteiger charge is 2.45. The van der Waals surface area contributed by atoms with Crippen molar-refractivity contribution < 1.29 is 14.0 Å². The molecule has 158 valence electrons. The Balaban J connectivity index is 1.21. The van der Waals surface area contributed by atoms with Crippen molar-refractivity contribution in [2.45, 2.75) is 55.6 Å². The molecular formula is C21H28ClFN4O2. The van der Waals surface area contributed by atoms with Crippen LogP contribution in [0.15, 0.2) is 24.3 Å². The first-order chi connectivity index (χ1) is 14.0. The molecule has 4 rings (SSSR count). The van der Waals surface area contributed by atoms with Crippen molar-refractivity contribution >= 4 is 23.5 Å². The standard InChI is InChI=1S/C21H28ClFN4O2/c22-15-3-6-19-18(13-15)25-21(29)27(19)17-7-10-26(11-8-17)12-9-24-20(28)14-1-4-16(23)5-2-14/h1-2,4-5,15,17-19H,3,6-13H2,(H,24,28)(H,25,29). The number of nitrogens with one attached hydrogen (secondary N) is 2. The van der Waals surface area contributed by atoms with E-state index in [1.807, 2.05) is 0 Å². The molecule has 0 bridgehead atoms. The maximum absolute atomic E-state index is 12.9. The van der Waals surface area contributed by atoms with E-state index in [2.05, 4.69) is 20.4 Å². The first-order valence-corrected chi connectivity index (χ1v) is 10.9. The SMILES string of the molecule is O=C(NCCN1CCC(N2C(=O)NC3CC(Cl)CCC32)CC1)c1ccc(F)cc1. The van der Waals surface area contributed by atoms with E-state index >= 15 is 0 Å². The van der Waals surface area contributed by atoms with E-state index < -0.39 is 0 Å². The molecule has 3 amide bonds. The van der Waals surface area contributed by atoms with Crippen molar-refractivity contribution in [3.8, 4) is 0 Å². The Morgan fingerprint density at radius 1 is 1.17 bits per heavy atom. The largest absolute Gasteiger partial charge is 0.351 e. The molecule has 0 spiro atoms. The Labute approximate surface area is 175 Å². The van der Waals surface area contributed by atoms with Gasteiger partial charge in [-0.2, -0.15) is 0 Å². The summed E-state index contributed by atoms with van der Waals surface area (Å²) in [7, 11) is 0. The maximum atomic E-state index is 12.9. The Kier molecular flexibility index (Phi) is 6.25. The van der Waals surface area contributed by atoms with Gasteiger partial charge in [-0.05, 0) is 56.4 Å².